The van der Waals surface area contributed by atoms with Gasteiger partial charge in [0.1, 0.15) is 5.84 Å². The number of amides is 1. The summed E-state index contributed by atoms with van der Waals surface area (Å²) in [6, 6.07) is 5.15. The zero-order valence-corrected chi connectivity index (χ0v) is 12.4. The first kappa shape index (κ1) is 15.0. The van der Waals surface area contributed by atoms with Crippen molar-refractivity contribution in [2.45, 2.75) is 12.8 Å². The molecule has 0 radical (unpaired) electrons. The van der Waals surface area contributed by atoms with Crippen LogP contribution in [-0.4, -0.2) is 23.5 Å². The fourth-order valence-corrected chi connectivity index (χ4v) is 2.04. The van der Waals surface area contributed by atoms with Gasteiger partial charge in [0.25, 0.3) is 5.91 Å². The first-order valence-electron chi connectivity index (χ1n) is 5.24. The van der Waals surface area contributed by atoms with E-state index in [2.05, 4.69) is 33.1 Å². The highest BCUT2D eigenvalue weighted by Crippen LogP contribution is 2.17. The van der Waals surface area contributed by atoms with Crippen molar-refractivity contribution in [2.75, 3.05) is 6.54 Å². The van der Waals surface area contributed by atoms with Gasteiger partial charge >= 0.3 is 0 Å². The minimum Gasteiger partial charge on any atom is -0.409 e. The number of benzene rings is 1. The van der Waals surface area contributed by atoms with Crippen LogP contribution in [0.1, 0.15) is 23.2 Å². The lowest BCUT2D eigenvalue weighted by molar-refractivity contribution is 0.0952. The predicted octanol–water partition coefficient (Wildman–Crippen LogP) is 2.20. The van der Waals surface area contributed by atoms with E-state index in [1.165, 1.54) is 0 Å². The monoisotopic (exact) mass is 381 g/mol. The van der Waals surface area contributed by atoms with Crippen LogP contribution in [-0.2, 0) is 0 Å². The summed E-state index contributed by atoms with van der Waals surface area (Å²) in [5.74, 6) is -0.0250. The molecule has 5 nitrogen and oxygen atoms in total. The van der Waals surface area contributed by atoms with Gasteiger partial charge in [-0.25, -0.2) is 0 Å². The third-order valence-electron chi connectivity index (χ3n) is 2.20. The molecule has 0 heterocycles. The van der Waals surface area contributed by atoms with Crippen LogP contribution in [0.2, 0.25) is 5.02 Å². The van der Waals surface area contributed by atoms with Crippen molar-refractivity contribution in [3.05, 3.63) is 32.4 Å². The van der Waals surface area contributed by atoms with E-state index in [4.69, 9.17) is 22.5 Å². The molecule has 0 aliphatic rings. The molecule has 1 aromatic rings. The zero-order valence-electron chi connectivity index (χ0n) is 9.49. The number of hydrogen-bond acceptors (Lipinski definition) is 3. The van der Waals surface area contributed by atoms with Gasteiger partial charge in [-0.15, -0.1) is 0 Å². The average molecular weight is 382 g/mol. The maximum Gasteiger partial charge on any atom is 0.252 e. The Kier molecular flexibility index (Phi) is 6.20. The lowest BCUT2D eigenvalue weighted by atomic mass is 10.2. The number of oxime groups is 1. The maximum atomic E-state index is 11.8. The largest absolute Gasteiger partial charge is 0.409 e. The van der Waals surface area contributed by atoms with Crippen LogP contribution >= 0.6 is 34.2 Å². The predicted molar refractivity (Wildman–Crippen MR) is 79.1 cm³/mol. The number of nitrogens with zero attached hydrogens (tertiary/aromatic N) is 1. The van der Waals surface area contributed by atoms with Crippen LogP contribution in [0.4, 0.5) is 0 Å². The average Bonchev–Trinajstić information content (AvgIpc) is 2.36. The quantitative estimate of drug-likeness (QED) is 0.182. The molecule has 0 spiro atoms. The summed E-state index contributed by atoms with van der Waals surface area (Å²) in [5, 5.41) is 14.5. The number of rotatable bonds is 5. The molecule has 18 heavy (non-hydrogen) atoms. The second-order valence-electron chi connectivity index (χ2n) is 3.57. The summed E-state index contributed by atoms with van der Waals surface area (Å²) in [5.41, 5.74) is 5.86. The van der Waals surface area contributed by atoms with E-state index in [0.717, 1.165) is 3.57 Å². The van der Waals surface area contributed by atoms with E-state index in [1.54, 1.807) is 18.2 Å². The van der Waals surface area contributed by atoms with Gasteiger partial charge in [-0.05, 0) is 47.2 Å². The summed E-state index contributed by atoms with van der Waals surface area (Å²) in [6.45, 7) is 0.456. The molecular formula is C11H13ClIN3O2. The zero-order chi connectivity index (χ0) is 13.5. The summed E-state index contributed by atoms with van der Waals surface area (Å²) in [4.78, 5) is 11.8. The topological polar surface area (TPSA) is 87.7 Å². The van der Waals surface area contributed by atoms with Gasteiger partial charge in [0, 0.05) is 21.6 Å². The van der Waals surface area contributed by atoms with E-state index in [9.17, 15) is 4.79 Å². The molecular weight excluding hydrogens is 368 g/mol. The Bertz CT molecular complexity index is 466. The van der Waals surface area contributed by atoms with Gasteiger partial charge in [0.05, 0.1) is 5.56 Å². The number of nitrogens with two attached hydrogens (primary N) is 1. The first-order valence-corrected chi connectivity index (χ1v) is 6.70. The molecule has 1 amide bonds. The van der Waals surface area contributed by atoms with Crippen molar-refractivity contribution < 1.29 is 10.0 Å². The molecule has 0 aromatic heterocycles. The Morgan fingerprint density at radius 1 is 1.56 bits per heavy atom. The molecule has 0 saturated carbocycles. The van der Waals surface area contributed by atoms with Gasteiger partial charge in [-0.2, -0.15) is 0 Å². The molecule has 0 aliphatic heterocycles. The van der Waals surface area contributed by atoms with Crippen LogP contribution < -0.4 is 11.1 Å². The summed E-state index contributed by atoms with van der Waals surface area (Å²) in [6.07, 6.45) is 1.04. The van der Waals surface area contributed by atoms with Gasteiger partial charge in [0.15, 0.2) is 0 Å². The van der Waals surface area contributed by atoms with Crippen molar-refractivity contribution in [3.63, 3.8) is 0 Å². The molecule has 0 saturated heterocycles. The van der Waals surface area contributed by atoms with E-state index >= 15 is 0 Å². The summed E-state index contributed by atoms with van der Waals surface area (Å²) < 4.78 is 0.839. The summed E-state index contributed by atoms with van der Waals surface area (Å²) in [7, 11) is 0. The number of carbonyl (C=O) groups is 1. The third kappa shape index (κ3) is 4.69. The molecule has 7 heteroatoms. The smallest absolute Gasteiger partial charge is 0.252 e. The number of halogens is 2. The number of amidine groups is 1. The van der Waals surface area contributed by atoms with Crippen molar-refractivity contribution in [3.8, 4) is 0 Å². The number of carbonyl (C=O) groups excluding carboxylic acids is 1. The molecule has 0 atom stereocenters. The van der Waals surface area contributed by atoms with E-state index < -0.39 is 0 Å². The molecule has 0 fully saturated rings. The van der Waals surface area contributed by atoms with Gasteiger partial charge < -0.3 is 16.3 Å². The lowest BCUT2D eigenvalue weighted by Crippen LogP contribution is -2.26. The second kappa shape index (κ2) is 7.42. The first-order chi connectivity index (χ1) is 8.54. The Balaban J connectivity index is 2.48. The highest BCUT2D eigenvalue weighted by molar-refractivity contribution is 14.1. The third-order valence-corrected chi connectivity index (χ3v) is 3.37. The highest BCUT2D eigenvalue weighted by Gasteiger charge is 2.09. The number of hydrogen-bond donors (Lipinski definition) is 3. The van der Waals surface area contributed by atoms with Crippen LogP contribution in [0.15, 0.2) is 23.4 Å². The Labute approximate surface area is 124 Å². The highest BCUT2D eigenvalue weighted by atomic mass is 127. The molecule has 0 unspecified atom stereocenters. The van der Waals surface area contributed by atoms with Crippen LogP contribution in [0.3, 0.4) is 0 Å². The lowest BCUT2D eigenvalue weighted by Gasteiger charge is -2.07. The van der Waals surface area contributed by atoms with Gasteiger partial charge in [-0.1, -0.05) is 16.8 Å². The molecule has 98 valence electrons. The SMILES string of the molecule is N/C(CCCNC(=O)c1cc(Cl)ccc1I)=N/O. The molecule has 0 bridgehead atoms. The minimum absolute atomic E-state index is 0.154. The molecule has 0 aliphatic carbocycles. The van der Waals surface area contributed by atoms with Crippen molar-refractivity contribution in [2.24, 2.45) is 10.9 Å². The molecule has 1 aromatic carbocycles. The van der Waals surface area contributed by atoms with E-state index in [0.29, 0.717) is 30.0 Å². The fraction of sp³-hybridized carbons (Fsp3) is 0.273. The standard InChI is InChI=1S/C11H13ClIN3O2/c12-7-3-4-9(13)8(6-7)11(17)15-5-1-2-10(14)16-18/h3-4,6,18H,1-2,5H2,(H2,14,16)(H,15,17). The fourth-order valence-electron chi connectivity index (χ4n) is 1.29. The Morgan fingerprint density at radius 3 is 2.94 bits per heavy atom. The van der Waals surface area contributed by atoms with Crippen molar-refractivity contribution >= 4 is 45.9 Å². The van der Waals surface area contributed by atoms with E-state index in [1.807, 2.05) is 0 Å². The molecule has 4 N–H and O–H groups in total. The Hall–Kier alpha value is -1.02. The minimum atomic E-state index is -0.179. The van der Waals surface area contributed by atoms with Gasteiger partial charge in [0.2, 0.25) is 0 Å². The van der Waals surface area contributed by atoms with Crippen LogP contribution in [0, 0.1) is 3.57 Å². The van der Waals surface area contributed by atoms with Crippen molar-refractivity contribution in [1.29, 1.82) is 0 Å². The van der Waals surface area contributed by atoms with Gasteiger partial charge in [-0.3, -0.25) is 4.79 Å². The van der Waals surface area contributed by atoms with Crippen LogP contribution in [0.5, 0.6) is 0 Å². The van der Waals surface area contributed by atoms with Crippen LogP contribution in [0.25, 0.3) is 0 Å². The van der Waals surface area contributed by atoms with E-state index in [-0.39, 0.29) is 11.7 Å². The number of nitrogens with one attached hydrogen (secondary N) is 1. The normalized spacial score (nSPS) is 11.3. The summed E-state index contributed by atoms with van der Waals surface area (Å²) >= 11 is 7.92. The Morgan fingerprint density at radius 2 is 2.28 bits per heavy atom. The van der Waals surface area contributed by atoms with Crippen molar-refractivity contribution in [1.82, 2.24) is 5.32 Å². The maximum absolute atomic E-state index is 11.8. The second-order valence-corrected chi connectivity index (χ2v) is 5.17. The molecule has 1 rings (SSSR count).